The van der Waals surface area contributed by atoms with Crippen molar-refractivity contribution in [3.63, 3.8) is 0 Å². The van der Waals surface area contributed by atoms with Crippen LogP contribution in [0.5, 0.6) is 0 Å². The molecule has 4 saturated carbocycles. The van der Waals surface area contributed by atoms with Crippen molar-refractivity contribution in [1.29, 1.82) is 0 Å². The monoisotopic (exact) mass is 304 g/mol. The van der Waals surface area contributed by atoms with E-state index in [2.05, 4.69) is 0 Å². The van der Waals surface area contributed by atoms with Crippen molar-refractivity contribution in [2.24, 2.45) is 11.8 Å². The molecule has 0 radical (unpaired) electrons. The lowest BCUT2D eigenvalue weighted by atomic mass is 9.52. The maximum Gasteiger partial charge on any atom is 0.338 e. The van der Waals surface area contributed by atoms with E-state index in [0.717, 1.165) is 36.8 Å². The van der Waals surface area contributed by atoms with Gasteiger partial charge in [0.1, 0.15) is 5.60 Å². The molecule has 0 heterocycles. The van der Waals surface area contributed by atoms with E-state index in [1.165, 1.54) is 6.42 Å². The number of esters is 1. The van der Waals surface area contributed by atoms with Gasteiger partial charge in [0.15, 0.2) is 0 Å². The average Bonchev–Trinajstić information content (AvgIpc) is 2.31. The summed E-state index contributed by atoms with van der Waals surface area (Å²) in [5.74, 6) is 0.835. The van der Waals surface area contributed by atoms with Crippen molar-refractivity contribution in [2.45, 2.75) is 77.4 Å². The summed E-state index contributed by atoms with van der Waals surface area (Å²) in [7, 11) is 0. The first kappa shape index (κ1) is 15.8. The molecule has 1 N–H and O–H groups in total. The third-order valence-corrected chi connectivity index (χ3v) is 5.48. The molecule has 4 fully saturated rings. The molecule has 0 aromatic rings. The molecule has 4 rings (SSSR count). The van der Waals surface area contributed by atoms with E-state index in [-0.39, 0.29) is 5.97 Å². The summed E-state index contributed by atoms with van der Waals surface area (Å²) in [6.07, 6.45) is 7.39. The lowest BCUT2D eigenvalue weighted by Gasteiger charge is -2.59. The van der Waals surface area contributed by atoms with Gasteiger partial charge in [-0.15, -0.1) is 0 Å². The van der Waals surface area contributed by atoms with Crippen LogP contribution in [-0.2, 0) is 9.53 Å². The predicted octanol–water partition coefficient (Wildman–Crippen LogP) is 3.92. The van der Waals surface area contributed by atoms with Crippen molar-refractivity contribution < 1.29 is 14.6 Å². The number of allylic oxidation sites excluding steroid dienone is 2. The largest absolute Gasteiger partial charge is 0.455 e. The minimum absolute atomic E-state index is 0.216. The molecule has 122 valence electrons. The Morgan fingerprint density at radius 1 is 1.09 bits per heavy atom. The van der Waals surface area contributed by atoms with Gasteiger partial charge in [0.25, 0.3) is 0 Å². The van der Waals surface area contributed by atoms with E-state index in [9.17, 15) is 9.90 Å². The summed E-state index contributed by atoms with van der Waals surface area (Å²) in [6.45, 7) is 7.87. The molecule has 2 unspecified atom stereocenters. The van der Waals surface area contributed by atoms with Crippen molar-refractivity contribution in [3.8, 4) is 0 Å². The Hall–Kier alpha value is -1.09. The zero-order chi connectivity index (χ0) is 16.1. The van der Waals surface area contributed by atoms with Crippen LogP contribution in [0.3, 0.4) is 0 Å². The third-order valence-electron chi connectivity index (χ3n) is 5.48. The number of rotatable bonds is 3. The molecule has 3 heteroatoms. The van der Waals surface area contributed by atoms with Gasteiger partial charge in [0.05, 0.1) is 11.2 Å². The number of carbonyl (C=O) groups is 1. The van der Waals surface area contributed by atoms with Crippen molar-refractivity contribution in [1.82, 2.24) is 0 Å². The van der Waals surface area contributed by atoms with Crippen molar-refractivity contribution in [2.75, 3.05) is 0 Å². The van der Waals surface area contributed by atoms with Crippen LogP contribution in [0.4, 0.5) is 0 Å². The van der Waals surface area contributed by atoms with Gasteiger partial charge in [-0.1, -0.05) is 11.1 Å². The zero-order valence-corrected chi connectivity index (χ0v) is 14.2. The van der Waals surface area contributed by atoms with Gasteiger partial charge in [0.2, 0.25) is 0 Å². The Balaban J connectivity index is 1.82. The van der Waals surface area contributed by atoms with Crippen LogP contribution < -0.4 is 0 Å². The second-order valence-electron chi connectivity index (χ2n) is 8.39. The summed E-state index contributed by atoms with van der Waals surface area (Å²) in [6, 6.07) is 0. The van der Waals surface area contributed by atoms with Crippen LogP contribution in [0.1, 0.15) is 66.2 Å². The Kier molecular flexibility index (Phi) is 3.75. The van der Waals surface area contributed by atoms with Crippen LogP contribution in [0, 0.1) is 11.8 Å². The maximum absolute atomic E-state index is 12.7. The summed E-state index contributed by atoms with van der Waals surface area (Å²) >= 11 is 0. The van der Waals surface area contributed by atoms with Gasteiger partial charge in [-0.2, -0.15) is 0 Å². The van der Waals surface area contributed by atoms with Gasteiger partial charge < -0.3 is 9.84 Å². The fourth-order valence-electron chi connectivity index (χ4n) is 5.20. The lowest BCUT2D eigenvalue weighted by Crippen LogP contribution is -2.60. The molecule has 0 amide bonds. The molecule has 4 bridgehead atoms. The van der Waals surface area contributed by atoms with Gasteiger partial charge in [-0.3, -0.25) is 0 Å². The number of aliphatic hydroxyl groups is 1. The zero-order valence-electron chi connectivity index (χ0n) is 14.2. The van der Waals surface area contributed by atoms with E-state index in [4.69, 9.17) is 4.74 Å². The first-order valence-corrected chi connectivity index (χ1v) is 8.48. The summed E-state index contributed by atoms with van der Waals surface area (Å²) in [4.78, 5) is 12.7. The summed E-state index contributed by atoms with van der Waals surface area (Å²) < 4.78 is 6.04. The molecular weight excluding hydrogens is 276 g/mol. The highest BCUT2D eigenvalue weighted by molar-refractivity contribution is 5.92. The topological polar surface area (TPSA) is 46.5 Å². The molecule has 0 aromatic heterocycles. The molecule has 0 aliphatic heterocycles. The molecule has 2 atom stereocenters. The fraction of sp³-hybridized carbons (Fsp3) is 0.737. The van der Waals surface area contributed by atoms with E-state index >= 15 is 0 Å². The quantitative estimate of drug-likeness (QED) is 0.488. The minimum Gasteiger partial charge on any atom is -0.455 e. The van der Waals surface area contributed by atoms with Crippen molar-refractivity contribution >= 4 is 5.97 Å². The molecule has 0 saturated heterocycles. The molecular formula is C19H28O3. The van der Waals surface area contributed by atoms with Gasteiger partial charge in [-0.05, 0) is 77.7 Å². The van der Waals surface area contributed by atoms with E-state index in [1.54, 1.807) is 0 Å². The van der Waals surface area contributed by atoms with E-state index in [1.807, 2.05) is 33.8 Å². The third kappa shape index (κ3) is 2.88. The summed E-state index contributed by atoms with van der Waals surface area (Å²) in [5, 5.41) is 10.8. The van der Waals surface area contributed by atoms with Crippen LogP contribution in [0.25, 0.3) is 0 Å². The normalized spacial score (nSPS) is 38.6. The van der Waals surface area contributed by atoms with Crippen LogP contribution >= 0.6 is 0 Å². The number of ether oxygens (including phenoxy) is 1. The van der Waals surface area contributed by atoms with Gasteiger partial charge >= 0.3 is 5.97 Å². The number of hydrogen-bond acceptors (Lipinski definition) is 3. The summed E-state index contributed by atoms with van der Waals surface area (Å²) in [5.41, 5.74) is 1.73. The standard InChI is InChI=1S/C19H28O3/c1-12(2)5-16(13(3)4)17(20)22-19-9-14-6-15(10-19)8-18(21,7-14)11-19/h5,14-15,21H,6-11H2,1-4H3. The second kappa shape index (κ2) is 5.23. The Morgan fingerprint density at radius 2 is 1.68 bits per heavy atom. The first-order chi connectivity index (χ1) is 10.2. The average molecular weight is 304 g/mol. The van der Waals surface area contributed by atoms with Crippen LogP contribution in [0.2, 0.25) is 0 Å². The molecule has 4 aliphatic rings. The molecule has 4 aliphatic carbocycles. The highest BCUT2D eigenvalue weighted by Crippen LogP contribution is 2.59. The Labute approximate surface area is 133 Å². The Bertz CT molecular complexity index is 533. The van der Waals surface area contributed by atoms with Gasteiger partial charge in [0, 0.05) is 6.42 Å². The maximum atomic E-state index is 12.7. The van der Waals surface area contributed by atoms with E-state index < -0.39 is 11.2 Å². The van der Waals surface area contributed by atoms with E-state index in [0.29, 0.717) is 23.8 Å². The van der Waals surface area contributed by atoms with Crippen LogP contribution in [-0.4, -0.2) is 22.3 Å². The Morgan fingerprint density at radius 3 is 2.14 bits per heavy atom. The lowest BCUT2D eigenvalue weighted by molar-refractivity contribution is -0.217. The predicted molar refractivity (Wildman–Crippen MR) is 86.3 cm³/mol. The molecule has 3 nitrogen and oxygen atoms in total. The highest BCUT2D eigenvalue weighted by atomic mass is 16.6. The number of hydrogen-bond donors (Lipinski definition) is 1. The highest BCUT2D eigenvalue weighted by Gasteiger charge is 2.59. The second-order valence-corrected chi connectivity index (χ2v) is 8.39. The van der Waals surface area contributed by atoms with Crippen molar-refractivity contribution in [3.05, 3.63) is 22.8 Å². The minimum atomic E-state index is -0.591. The first-order valence-electron chi connectivity index (χ1n) is 8.48. The van der Waals surface area contributed by atoms with Crippen LogP contribution in [0.15, 0.2) is 22.8 Å². The number of carbonyl (C=O) groups excluding carboxylic acids is 1. The smallest absolute Gasteiger partial charge is 0.338 e. The fourth-order valence-corrected chi connectivity index (χ4v) is 5.20. The molecule has 22 heavy (non-hydrogen) atoms. The molecule has 0 aromatic carbocycles. The van der Waals surface area contributed by atoms with Gasteiger partial charge in [-0.25, -0.2) is 4.79 Å². The SMILES string of the molecule is CC(C)=CC(C(=O)OC12CC3CC(CC(O)(C3)C1)C2)=C(C)C. The molecule has 0 spiro atoms.